The number of hydrogen-bond acceptors (Lipinski definition) is 5. The van der Waals surface area contributed by atoms with Crippen molar-refractivity contribution in [1.82, 2.24) is 9.80 Å². The minimum atomic E-state index is 0.000203. The lowest BCUT2D eigenvalue weighted by atomic mass is 10.1. The third-order valence-corrected chi connectivity index (χ3v) is 3.32. The Labute approximate surface area is 140 Å². The summed E-state index contributed by atoms with van der Waals surface area (Å²) in [6, 6.07) is 5.49. The molecule has 0 aliphatic rings. The summed E-state index contributed by atoms with van der Waals surface area (Å²) in [7, 11) is 8.17. The summed E-state index contributed by atoms with van der Waals surface area (Å²) < 4.78 is 0. The number of benzene rings is 1. The molecule has 128 valence electrons. The van der Waals surface area contributed by atoms with Gasteiger partial charge in [-0.05, 0) is 65.2 Å². The van der Waals surface area contributed by atoms with E-state index in [2.05, 4.69) is 19.8 Å². The molecule has 0 saturated carbocycles. The summed E-state index contributed by atoms with van der Waals surface area (Å²) in [5, 5.41) is 12.3. The third kappa shape index (κ3) is 8.47. The average molecular weight is 317 g/mol. The van der Waals surface area contributed by atoms with Crippen LogP contribution in [0.2, 0.25) is 0 Å². The molecule has 0 aliphatic carbocycles. The second kappa shape index (κ2) is 10.9. The molecule has 1 aromatic rings. The van der Waals surface area contributed by atoms with Gasteiger partial charge in [0.1, 0.15) is 0 Å². The molecule has 0 heterocycles. The van der Waals surface area contributed by atoms with Gasteiger partial charge >= 0.3 is 0 Å². The third-order valence-electron chi connectivity index (χ3n) is 3.32. The van der Waals surface area contributed by atoms with Crippen LogP contribution in [0.5, 0.6) is 5.75 Å². The van der Waals surface area contributed by atoms with Crippen LogP contribution in [0.4, 0.5) is 0 Å². The van der Waals surface area contributed by atoms with Gasteiger partial charge in [-0.3, -0.25) is 9.98 Å². The van der Waals surface area contributed by atoms with Crippen molar-refractivity contribution in [2.24, 2.45) is 9.98 Å². The van der Waals surface area contributed by atoms with Crippen molar-refractivity contribution >= 4 is 12.4 Å². The van der Waals surface area contributed by atoms with E-state index >= 15 is 0 Å². The lowest BCUT2D eigenvalue weighted by Crippen LogP contribution is -2.13. The van der Waals surface area contributed by atoms with Crippen LogP contribution in [0.15, 0.2) is 28.2 Å². The molecular weight excluding hydrogens is 288 g/mol. The first kappa shape index (κ1) is 19.3. The summed E-state index contributed by atoms with van der Waals surface area (Å²) in [6.45, 7) is 3.48. The van der Waals surface area contributed by atoms with Crippen LogP contribution in [-0.4, -0.2) is 76.6 Å². The molecule has 0 unspecified atom stereocenters. The van der Waals surface area contributed by atoms with Crippen molar-refractivity contribution in [2.75, 3.05) is 54.4 Å². The zero-order valence-corrected chi connectivity index (χ0v) is 14.8. The van der Waals surface area contributed by atoms with Crippen molar-refractivity contribution in [3.63, 3.8) is 0 Å². The van der Waals surface area contributed by atoms with Gasteiger partial charge in [-0.25, -0.2) is 0 Å². The summed E-state index contributed by atoms with van der Waals surface area (Å²) in [4.78, 5) is 12.9. The van der Waals surface area contributed by atoms with E-state index in [-0.39, 0.29) is 5.75 Å². The minimum Gasteiger partial charge on any atom is -0.872 e. The van der Waals surface area contributed by atoms with E-state index in [1.165, 1.54) is 0 Å². The van der Waals surface area contributed by atoms with E-state index in [9.17, 15) is 5.11 Å². The van der Waals surface area contributed by atoms with Crippen LogP contribution >= 0.6 is 0 Å². The molecule has 23 heavy (non-hydrogen) atoms. The van der Waals surface area contributed by atoms with E-state index in [1.54, 1.807) is 24.6 Å². The molecule has 0 fully saturated rings. The van der Waals surface area contributed by atoms with E-state index in [0.717, 1.165) is 39.0 Å². The predicted octanol–water partition coefficient (Wildman–Crippen LogP) is 1.50. The lowest BCUT2D eigenvalue weighted by Gasteiger charge is -2.13. The van der Waals surface area contributed by atoms with Crippen molar-refractivity contribution in [3.8, 4) is 5.75 Å². The Morgan fingerprint density at radius 2 is 1.30 bits per heavy atom. The summed E-state index contributed by atoms with van der Waals surface area (Å²) in [6.07, 6.45) is 5.35. The Morgan fingerprint density at radius 3 is 1.70 bits per heavy atom. The topological polar surface area (TPSA) is 54.3 Å². The predicted molar refractivity (Wildman–Crippen MR) is 97.2 cm³/mol. The Morgan fingerprint density at radius 1 is 0.870 bits per heavy atom. The quantitative estimate of drug-likeness (QED) is 0.485. The van der Waals surface area contributed by atoms with Crippen LogP contribution < -0.4 is 5.11 Å². The first-order chi connectivity index (χ1) is 11.0. The molecule has 0 aromatic heterocycles. The molecule has 1 rings (SSSR count). The fourth-order valence-corrected chi connectivity index (χ4v) is 2.06. The van der Waals surface area contributed by atoms with Gasteiger partial charge < -0.3 is 14.9 Å². The first-order valence-corrected chi connectivity index (χ1v) is 8.10. The van der Waals surface area contributed by atoms with Gasteiger partial charge in [0.2, 0.25) is 0 Å². The number of aliphatic imine (C=N–C) groups is 2. The highest BCUT2D eigenvalue weighted by molar-refractivity contribution is 5.91. The van der Waals surface area contributed by atoms with Gasteiger partial charge in [-0.2, -0.15) is 0 Å². The molecule has 1 aromatic carbocycles. The Balaban J connectivity index is 2.53. The SMILES string of the molecule is CN(C)CCCN=Cc1cccc(C=NCCCN(C)C)c1[O-]. The molecule has 0 aliphatic heterocycles. The lowest BCUT2D eigenvalue weighted by molar-refractivity contribution is -0.268. The molecule has 0 N–H and O–H groups in total. The molecule has 0 saturated heterocycles. The molecular formula is C18H29N4O-. The van der Waals surface area contributed by atoms with Crippen molar-refractivity contribution in [2.45, 2.75) is 12.8 Å². The summed E-state index contributed by atoms with van der Waals surface area (Å²) >= 11 is 0. The molecule has 0 amide bonds. The Bertz CT molecular complexity index is 467. The maximum Gasteiger partial charge on any atom is 0.0401 e. The summed E-state index contributed by atoms with van der Waals surface area (Å²) in [5.74, 6) is 0.000203. The van der Waals surface area contributed by atoms with Gasteiger partial charge in [-0.1, -0.05) is 23.9 Å². The number of hydrogen-bond donors (Lipinski definition) is 0. The average Bonchev–Trinajstić information content (AvgIpc) is 2.49. The second-order valence-corrected chi connectivity index (χ2v) is 6.15. The molecule has 0 radical (unpaired) electrons. The number of nitrogens with zero attached hydrogens (tertiary/aromatic N) is 4. The molecule has 0 bridgehead atoms. The minimum absolute atomic E-state index is 0.000203. The van der Waals surface area contributed by atoms with Crippen molar-refractivity contribution < 1.29 is 5.11 Å². The van der Waals surface area contributed by atoms with E-state index < -0.39 is 0 Å². The van der Waals surface area contributed by atoms with Crippen molar-refractivity contribution in [1.29, 1.82) is 0 Å². The standard InChI is InChI=1S/C18H30N4O/c1-21(2)12-6-10-19-14-16-8-5-9-17(18(16)23)15-20-11-7-13-22(3)4/h5,8-9,14-15,23H,6-7,10-13H2,1-4H3/p-1. The fraction of sp³-hybridized carbons (Fsp3) is 0.556. The van der Waals surface area contributed by atoms with E-state index in [0.29, 0.717) is 11.1 Å². The maximum absolute atomic E-state index is 12.3. The number of rotatable bonds is 10. The monoisotopic (exact) mass is 317 g/mol. The summed E-state index contributed by atoms with van der Waals surface area (Å²) in [5.41, 5.74) is 1.26. The van der Waals surface area contributed by atoms with Gasteiger partial charge in [0, 0.05) is 25.5 Å². The number of para-hydroxylation sites is 1. The Hall–Kier alpha value is -1.72. The largest absolute Gasteiger partial charge is 0.872 e. The maximum atomic E-state index is 12.3. The van der Waals surface area contributed by atoms with Crippen LogP contribution in [-0.2, 0) is 0 Å². The van der Waals surface area contributed by atoms with Crippen LogP contribution in [0, 0.1) is 0 Å². The normalized spacial score (nSPS) is 12.3. The highest BCUT2D eigenvalue weighted by atomic mass is 16.3. The van der Waals surface area contributed by atoms with E-state index in [1.807, 2.05) is 34.3 Å². The molecule has 5 nitrogen and oxygen atoms in total. The Kier molecular flexibility index (Phi) is 9.17. The second-order valence-electron chi connectivity index (χ2n) is 6.15. The van der Waals surface area contributed by atoms with E-state index in [4.69, 9.17) is 0 Å². The van der Waals surface area contributed by atoms with Gasteiger partial charge in [-0.15, -0.1) is 0 Å². The molecule has 0 spiro atoms. The zero-order chi connectivity index (χ0) is 17.1. The van der Waals surface area contributed by atoms with Gasteiger partial charge in [0.15, 0.2) is 0 Å². The zero-order valence-electron chi connectivity index (χ0n) is 14.8. The van der Waals surface area contributed by atoms with Crippen LogP contribution in [0.3, 0.4) is 0 Å². The fourth-order valence-electron chi connectivity index (χ4n) is 2.06. The van der Waals surface area contributed by atoms with Crippen LogP contribution in [0.1, 0.15) is 24.0 Å². The van der Waals surface area contributed by atoms with Crippen LogP contribution in [0.25, 0.3) is 0 Å². The highest BCUT2D eigenvalue weighted by Gasteiger charge is 1.96. The molecule has 0 atom stereocenters. The highest BCUT2D eigenvalue weighted by Crippen LogP contribution is 2.16. The smallest absolute Gasteiger partial charge is 0.0401 e. The van der Waals surface area contributed by atoms with Gasteiger partial charge in [0.25, 0.3) is 0 Å². The van der Waals surface area contributed by atoms with Gasteiger partial charge in [0.05, 0.1) is 0 Å². The first-order valence-electron chi connectivity index (χ1n) is 8.10. The molecule has 5 heteroatoms. The van der Waals surface area contributed by atoms with Crippen molar-refractivity contribution in [3.05, 3.63) is 29.3 Å².